The second-order valence-corrected chi connectivity index (χ2v) is 6.33. The van der Waals surface area contributed by atoms with E-state index in [1.165, 1.54) is 29.8 Å². The van der Waals surface area contributed by atoms with Crippen LogP contribution in [0.4, 0.5) is 0 Å². The summed E-state index contributed by atoms with van der Waals surface area (Å²) in [4.78, 5) is 10.4. The molecule has 0 amide bonds. The normalized spacial score (nSPS) is 23.1. The molecule has 18 heavy (non-hydrogen) atoms. The lowest BCUT2D eigenvalue weighted by molar-refractivity contribution is 0.564. The van der Waals surface area contributed by atoms with Gasteiger partial charge in [-0.05, 0) is 32.1 Å². The Labute approximate surface area is 110 Å². The first kappa shape index (κ1) is 10.7. The fourth-order valence-electron chi connectivity index (χ4n) is 2.68. The first-order chi connectivity index (χ1) is 8.83. The molecule has 2 aromatic rings. The molecule has 4 nitrogen and oxygen atoms in total. The first-order valence-corrected chi connectivity index (χ1v) is 7.42. The van der Waals surface area contributed by atoms with Crippen LogP contribution in [0.15, 0.2) is 12.5 Å². The number of aryl methyl sites for hydroxylation is 1. The Morgan fingerprint density at radius 1 is 1.33 bits per heavy atom. The fraction of sp³-hybridized carbons (Fsp3) is 0.538. The molecule has 2 aromatic heterocycles. The van der Waals surface area contributed by atoms with Crippen molar-refractivity contribution in [2.24, 2.45) is 5.73 Å². The van der Waals surface area contributed by atoms with Gasteiger partial charge in [-0.15, -0.1) is 11.3 Å². The number of aromatic nitrogens is 3. The standard InChI is InChI=1S/C13H16N4S/c14-9-2-1-3-11-12(9)16-13(18-11)10-6-15-7-17(10)8-4-5-8/h6-9H,1-5,14H2. The van der Waals surface area contributed by atoms with E-state index in [0.29, 0.717) is 6.04 Å². The molecule has 2 aliphatic carbocycles. The van der Waals surface area contributed by atoms with E-state index in [9.17, 15) is 0 Å². The van der Waals surface area contributed by atoms with E-state index in [-0.39, 0.29) is 6.04 Å². The Bertz CT molecular complexity index is 582. The van der Waals surface area contributed by atoms with Crippen molar-refractivity contribution in [1.82, 2.24) is 14.5 Å². The van der Waals surface area contributed by atoms with Crippen LogP contribution in [0.5, 0.6) is 0 Å². The van der Waals surface area contributed by atoms with Crippen LogP contribution < -0.4 is 5.73 Å². The molecule has 1 unspecified atom stereocenters. The highest BCUT2D eigenvalue weighted by atomic mass is 32.1. The fourth-order valence-corrected chi connectivity index (χ4v) is 3.86. The third-order valence-electron chi connectivity index (χ3n) is 3.82. The molecular formula is C13H16N4S. The van der Waals surface area contributed by atoms with Crippen LogP contribution in [0.3, 0.4) is 0 Å². The molecule has 0 bridgehead atoms. The average Bonchev–Trinajstić information content (AvgIpc) is 2.92. The summed E-state index contributed by atoms with van der Waals surface area (Å²) in [5, 5.41) is 1.10. The molecule has 2 aliphatic rings. The van der Waals surface area contributed by atoms with Crippen LogP contribution >= 0.6 is 11.3 Å². The summed E-state index contributed by atoms with van der Waals surface area (Å²) >= 11 is 1.80. The Hall–Kier alpha value is -1.20. The van der Waals surface area contributed by atoms with Gasteiger partial charge in [0.25, 0.3) is 0 Å². The van der Waals surface area contributed by atoms with Gasteiger partial charge in [0.1, 0.15) is 5.01 Å². The summed E-state index contributed by atoms with van der Waals surface area (Å²) in [7, 11) is 0. The molecule has 0 saturated heterocycles. The van der Waals surface area contributed by atoms with Gasteiger partial charge in [-0.2, -0.15) is 0 Å². The van der Waals surface area contributed by atoms with E-state index in [1.54, 1.807) is 11.3 Å². The van der Waals surface area contributed by atoms with Crippen molar-refractivity contribution >= 4 is 11.3 Å². The van der Waals surface area contributed by atoms with Crippen LogP contribution in [0.1, 0.15) is 48.3 Å². The van der Waals surface area contributed by atoms with E-state index in [0.717, 1.165) is 23.5 Å². The van der Waals surface area contributed by atoms with Gasteiger partial charge in [0.15, 0.2) is 0 Å². The minimum absolute atomic E-state index is 0.135. The van der Waals surface area contributed by atoms with Gasteiger partial charge in [0.05, 0.1) is 23.9 Å². The highest BCUT2D eigenvalue weighted by molar-refractivity contribution is 7.15. The first-order valence-electron chi connectivity index (χ1n) is 6.60. The van der Waals surface area contributed by atoms with E-state index in [4.69, 9.17) is 10.7 Å². The zero-order valence-electron chi connectivity index (χ0n) is 10.2. The van der Waals surface area contributed by atoms with Gasteiger partial charge >= 0.3 is 0 Å². The quantitative estimate of drug-likeness (QED) is 0.903. The van der Waals surface area contributed by atoms with Gasteiger partial charge in [-0.1, -0.05) is 0 Å². The highest BCUT2D eigenvalue weighted by Crippen LogP contribution is 2.41. The third-order valence-corrected chi connectivity index (χ3v) is 4.98. The van der Waals surface area contributed by atoms with E-state index in [2.05, 4.69) is 9.55 Å². The van der Waals surface area contributed by atoms with E-state index < -0.39 is 0 Å². The lowest BCUT2D eigenvalue weighted by Gasteiger charge is -2.15. The second kappa shape index (κ2) is 3.90. The molecule has 2 N–H and O–H groups in total. The molecule has 0 aromatic carbocycles. The highest BCUT2D eigenvalue weighted by Gasteiger charge is 2.28. The van der Waals surface area contributed by atoms with Crippen molar-refractivity contribution < 1.29 is 0 Å². The molecule has 2 heterocycles. The van der Waals surface area contributed by atoms with Crippen molar-refractivity contribution in [3.05, 3.63) is 23.1 Å². The summed E-state index contributed by atoms with van der Waals surface area (Å²) in [6.07, 6.45) is 9.82. The number of thiazole rings is 1. The van der Waals surface area contributed by atoms with Crippen molar-refractivity contribution in [3.8, 4) is 10.7 Å². The largest absolute Gasteiger partial charge is 0.326 e. The van der Waals surface area contributed by atoms with Crippen LogP contribution in [-0.4, -0.2) is 14.5 Å². The minimum Gasteiger partial charge on any atom is -0.326 e. The Morgan fingerprint density at radius 3 is 3.00 bits per heavy atom. The number of hydrogen-bond donors (Lipinski definition) is 1. The van der Waals surface area contributed by atoms with Crippen LogP contribution in [0, 0.1) is 0 Å². The molecule has 94 valence electrons. The molecule has 5 heteroatoms. The maximum atomic E-state index is 6.15. The summed E-state index contributed by atoms with van der Waals surface area (Å²) in [6.45, 7) is 0. The van der Waals surface area contributed by atoms with Crippen LogP contribution in [-0.2, 0) is 6.42 Å². The Balaban J connectivity index is 1.78. The predicted molar refractivity (Wildman–Crippen MR) is 71.5 cm³/mol. The minimum atomic E-state index is 0.135. The summed E-state index contributed by atoms with van der Waals surface area (Å²) in [5.41, 5.74) is 8.44. The topological polar surface area (TPSA) is 56.7 Å². The lowest BCUT2D eigenvalue weighted by atomic mass is 9.99. The zero-order valence-corrected chi connectivity index (χ0v) is 11.0. The number of rotatable bonds is 2. The molecule has 4 rings (SSSR count). The summed E-state index contributed by atoms with van der Waals surface area (Å²) in [6, 6.07) is 0.785. The van der Waals surface area contributed by atoms with Crippen molar-refractivity contribution in [1.29, 1.82) is 0 Å². The zero-order chi connectivity index (χ0) is 12.1. The van der Waals surface area contributed by atoms with Crippen molar-refractivity contribution in [2.45, 2.75) is 44.2 Å². The number of nitrogens with zero attached hydrogens (tertiary/aromatic N) is 3. The Morgan fingerprint density at radius 2 is 2.22 bits per heavy atom. The molecule has 1 saturated carbocycles. The molecule has 0 aliphatic heterocycles. The summed E-state index contributed by atoms with van der Waals surface area (Å²) < 4.78 is 2.27. The molecule has 0 radical (unpaired) electrons. The predicted octanol–water partition coefficient (Wildman–Crippen LogP) is 2.68. The SMILES string of the molecule is NC1CCCc2sc(-c3cncn3C3CC3)nc21. The molecule has 1 fully saturated rings. The molecule has 1 atom stereocenters. The third kappa shape index (κ3) is 1.61. The van der Waals surface area contributed by atoms with Crippen molar-refractivity contribution in [3.63, 3.8) is 0 Å². The average molecular weight is 260 g/mol. The number of imidazole rings is 1. The monoisotopic (exact) mass is 260 g/mol. The summed E-state index contributed by atoms with van der Waals surface area (Å²) in [5.74, 6) is 0. The van der Waals surface area contributed by atoms with Crippen molar-refractivity contribution in [2.75, 3.05) is 0 Å². The van der Waals surface area contributed by atoms with Gasteiger partial charge in [0, 0.05) is 17.0 Å². The number of fused-ring (bicyclic) bond motifs is 1. The smallest absolute Gasteiger partial charge is 0.142 e. The lowest BCUT2D eigenvalue weighted by Crippen LogP contribution is -2.16. The van der Waals surface area contributed by atoms with Gasteiger partial charge in [0.2, 0.25) is 0 Å². The Kier molecular flexibility index (Phi) is 2.32. The van der Waals surface area contributed by atoms with Gasteiger partial charge < -0.3 is 10.3 Å². The van der Waals surface area contributed by atoms with Crippen LogP contribution in [0.2, 0.25) is 0 Å². The molecular weight excluding hydrogens is 244 g/mol. The van der Waals surface area contributed by atoms with Gasteiger partial charge in [-0.25, -0.2) is 9.97 Å². The number of nitrogens with two attached hydrogens (primary N) is 1. The maximum Gasteiger partial charge on any atom is 0.142 e. The van der Waals surface area contributed by atoms with E-state index in [1.807, 2.05) is 12.5 Å². The van der Waals surface area contributed by atoms with Gasteiger partial charge in [-0.3, -0.25) is 0 Å². The van der Waals surface area contributed by atoms with E-state index >= 15 is 0 Å². The second-order valence-electron chi connectivity index (χ2n) is 5.24. The molecule has 0 spiro atoms. The number of hydrogen-bond acceptors (Lipinski definition) is 4. The maximum absolute atomic E-state index is 6.15. The van der Waals surface area contributed by atoms with Crippen LogP contribution in [0.25, 0.3) is 10.7 Å².